The summed E-state index contributed by atoms with van der Waals surface area (Å²) >= 11 is 1.59. The molecule has 6 nitrogen and oxygen atoms in total. The van der Waals surface area contributed by atoms with Crippen molar-refractivity contribution in [2.24, 2.45) is 15.4 Å². The number of nitrogens with one attached hydrogen (secondary N) is 2. The summed E-state index contributed by atoms with van der Waals surface area (Å²) in [5, 5.41) is 7.32. The Morgan fingerprint density at radius 3 is 2.53 bits per heavy atom. The van der Waals surface area contributed by atoms with Gasteiger partial charge < -0.3 is 10.6 Å². The van der Waals surface area contributed by atoms with E-state index in [-0.39, 0.29) is 16.6 Å². The predicted octanol–water partition coefficient (Wildman–Crippen LogP) is 4.16. The van der Waals surface area contributed by atoms with E-state index in [9.17, 15) is 4.79 Å². The first-order valence-electron chi connectivity index (χ1n) is 10.8. The molecule has 1 amide bonds. The molecule has 1 saturated heterocycles. The molecule has 8 heteroatoms. The van der Waals surface area contributed by atoms with Crippen LogP contribution < -0.4 is 10.6 Å². The molecule has 0 spiro atoms. The summed E-state index contributed by atoms with van der Waals surface area (Å²) in [5.41, 5.74) is 0.933. The van der Waals surface area contributed by atoms with Crippen LogP contribution in [0.25, 0.3) is 0 Å². The molecule has 1 unspecified atom stereocenters. The molecule has 0 aromatic heterocycles. The van der Waals surface area contributed by atoms with Crippen molar-refractivity contribution < 1.29 is 9.50 Å². The number of allylic oxidation sites excluding steroid dienone is 2. The number of amides is 1. The van der Waals surface area contributed by atoms with Crippen molar-refractivity contribution in [3.63, 3.8) is 0 Å². The van der Waals surface area contributed by atoms with E-state index in [1.807, 2.05) is 19.2 Å². The second kappa shape index (κ2) is 13.7. The van der Waals surface area contributed by atoms with Gasteiger partial charge in [-0.3, -0.25) is 9.79 Å². The molecule has 2 aliphatic heterocycles. The van der Waals surface area contributed by atoms with Crippen molar-refractivity contribution >= 4 is 35.7 Å². The largest absolute Gasteiger partial charge is 0.351 e. The number of thioether (sulfide) groups is 1. The maximum absolute atomic E-state index is 12.5. The smallest absolute Gasteiger partial charge is 0.264 e. The second-order valence-corrected chi connectivity index (χ2v) is 9.50. The third-order valence-electron chi connectivity index (χ3n) is 4.53. The Bertz CT molecular complexity index is 690. The molecular formula is C22H37BN4O2S. The van der Waals surface area contributed by atoms with E-state index in [0.717, 1.165) is 62.4 Å². The minimum atomic E-state index is -0.231. The molecule has 2 heterocycles. The van der Waals surface area contributed by atoms with Crippen molar-refractivity contribution in [3.8, 4) is 0 Å². The van der Waals surface area contributed by atoms with Crippen molar-refractivity contribution in [3.05, 3.63) is 23.9 Å². The van der Waals surface area contributed by atoms with Crippen molar-refractivity contribution in [1.29, 1.82) is 0 Å². The van der Waals surface area contributed by atoms with Crippen LogP contribution in [0.2, 0.25) is 6.82 Å². The molecule has 0 radical (unpaired) electrons. The second-order valence-electron chi connectivity index (χ2n) is 8.40. The van der Waals surface area contributed by atoms with Crippen molar-refractivity contribution in [2.45, 2.75) is 78.4 Å². The zero-order valence-corrected chi connectivity index (χ0v) is 20.1. The van der Waals surface area contributed by atoms with Gasteiger partial charge in [-0.05, 0) is 50.9 Å². The van der Waals surface area contributed by atoms with E-state index >= 15 is 0 Å². The van der Waals surface area contributed by atoms with Crippen LogP contribution in [0.15, 0.2) is 33.9 Å². The Kier molecular flexibility index (Phi) is 12.1. The number of hydrogen-bond acceptors (Lipinski definition) is 5. The summed E-state index contributed by atoms with van der Waals surface area (Å²) in [7, 11) is 0.750. The molecule has 0 bridgehead atoms. The van der Waals surface area contributed by atoms with Crippen LogP contribution in [-0.4, -0.2) is 48.3 Å². The molecule has 0 aromatic rings. The van der Waals surface area contributed by atoms with Gasteiger partial charge in [0.05, 0.1) is 16.9 Å². The first-order chi connectivity index (χ1) is 14.2. The van der Waals surface area contributed by atoms with Gasteiger partial charge >= 0.3 is 18.7 Å². The van der Waals surface area contributed by atoms with Crippen LogP contribution in [0, 0.1) is 5.41 Å². The summed E-state index contributed by atoms with van der Waals surface area (Å²) in [6.45, 7) is 14.0. The SMILES string of the molecule is CB=O.CCC/C=C(/C=C\NC(C)=NC1CCNCC1)C1SC(C(C)(C)C)=NC1=O. The van der Waals surface area contributed by atoms with Crippen molar-refractivity contribution in [1.82, 2.24) is 10.6 Å². The van der Waals surface area contributed by atoms with Crippen LogP contribution in [0.5, 0.6) is 0 Å². The van der Waals surface area contributed by atoms with E-state index < -0.39 is 0 Å². The number of carbonyl (C=O) groups is 1. The van der Waals surface area contributed by atoms with E-state index in [4.69, 9.17) is 9.70 Å². The number of hydrogen-bond donors (Lipinski definition) is 2. The number of rotatable bonds is 6. The number of aliphatic imine (C=N–C) groups is 2. The van der Waals surface area contributed by atoms with Gasteiger partial charge in [0, 0.05) is 11.6 Å². The Morgan fingerprint density at radius 1 is 1.37 bits per heavy atom. The number of carbonyl (C=O) groups excluding carboxylic acids is 1. The van der Waals surface area contributed by atoms with Crippen LogP contribution in [0.1, 0.15) is 60.3 Å². The number of piperidine rings is 1. The molecule has 1 atom stereocenters. The Morgan fingerprint density at radius 2 is 2.00 bits per heavy atom. The fourth-order valence-corrected chi connectivity index (χ4v) is 4.16. The quantitative estimate of drug-likeness (QED) is 0.285. The molecule has 0 aromatic carbocycles. The van der Waals surface area contributed by atoms with Crippen LogP contribution in [-0.2, 0) is 9.50 Å². The Balaban J connectivity index is 0.00000141. The van der Waals surface area contributed by atoms with Gasteiger partial charge in [0.1, 0.15) is 5.25 Å². The van der Waals surface area contributed by atoms with Gasteiger partial charge in [-0.1, -0.05) is 52.0 Å². The Hall–Kier alpha value is -1.54. The van der Waals surface area contributed by atoms with Gasteiger partial charge in [-0.15, -0.1) is 0 Å². The summed E-state index contributed by atoms with van der Waals surface area (Å²) in [6, 6.07) is 0.400. The first-order valence-corrected chi connectivity index (χ1v) is 11.7. The van der Waals surface area contributed by atoms with E-state index in [2.05, 4.69) is 49.4 Å². The molecule has 166 valence electrons. The zero-order valence-electron chi connectivity index (χ0n) is 19.3. The monoisotopic (exact) mass is 432 g/mol. The van der Waals surface area contributed by atoms with Gasteiger partial charge in [0.2, 0.25) is 0 Å². The van der Waals surface area contributed by atoms with E-state index in [0.29, 0.717) is 6.04 Å². The number of unbranched alkanes of at least 4 members (excludes halogenated alkanes) is 1. The normalized spacial score (nSPS) is 21.2. The average molecular weight is 432 g/mol. The molecule has 30 heavy (non-hydrogen) atoms. The third-order valence-corrected chi connectivity index (χ3v) is 6.17. The van der Waals surface area contributed by atoms with Gasteiger partial charge in [0.15, 0.2) is 0 Å². The summed E-state index contributed by atoms with van der Waals surface area (Å²) < 4.78 is 8.81. The molecular weight excluding hydrogens is 395 g/mol. The van der Waals surface area contributed by atoms with Crippen molar-refractivity contribution in [2.75, 3.05) is 13.1 Å². The summed E-state index contributed by atoms with van der Waals surface area (Å²) in [6.07, 6.45) is 10.3. The molecule has 1 fully saturated rings. The molecule has 0 aliphatic carbocycles. The van der Waals surface area contributed by atoms with Crippen LogP contribution in [0.4, 0.5) is 0 Å². The molecule has 2 aliphatic rings. The summed E-state index contributed by atoms with van der Waals surface area (Å²) in [5.74, 6) is 0.877. The third kappa shape index (κ3) is 9.52. The predicted molar refractivity (Wildman–Crippen MR) is 130 cm³/mol. The van der Waals surface area contributed by atoms with E-state index in [1.165, 1.54) is 6.82 Å². The maximum atomic E-state index is 12.5. The van der Waals surface area contributed by atoms with Crippen LogP contribution >= 0.6 is 11.8 Å². The molecule has 2 rings (SSSR count). The fourth-order valence-electron chi connectivity index (χ4n) is 2.98. The number of nitrogens with zero attached hydrogens (tertiary/aromatic N) is 2. The Labute approximate surface area is 186 Å². The zero-order chi connectivity index (χ0) is 22.6. The van der Waals surface area contributed by atoms with Gasteiger partial charge in [-0.2, -0.15) is 0 Å². The van der Waals surface area contributed by atoms with Crippen LogP contribution in [0.3, 0.4) is 0 Å². The molecule has 2 N–H and O–H groups in total. The minimum Gasteiger partial charge on any atom is -0.351 e. The standard InChI is InChI=1S/C21H34N4OS.CH3BO/c1-6-7-8-16(18-19(26)25-20(27-18)21(3,4)5)9-14-23-15(2)24-17-10-12-22-13-11-17;1-2-3/h8-9,14,17-18,22H,6-7,10-13H2,1-5H3,(H,23,24);1H3/b14-9-,16-8-;. The maximum Gasteiger partial charge on any atom is 0.264 e. The van der Waals surface area contributed by atoms with Gasteiger partial charge in [0.25, 0.3) is 5.91 Å². The summed E-state index contributed by atoms with van der Waals surface area (Å²) in [4.78, 5) is 21.5. The molecule has 0 saturated carbocycles. The topological polar surface area (TPSA) is 82.9 Å². The van der Waals surface area contributed by atoms with Gasteiger partial charge in [-0.25, -0.2) is 4.99 Å². The average Bonchev–Trinajstić information content (AvgIpc) is 3.08. The fraction of sp³-hybridized carbons (Fsp3) is 0.682. The number of amidine groups is 1. The van der Waals surface area contributed by atoms with E-state index in [1.54, 1.807) is 11.8 Å². The first kappa shape index (κ1) is 26.5. The minimum absolute atomic E-state index is 0.0444.